The molecule has 26 heavy (non-hydrogen) atoms. The smallest absolute Gasteiger partial charge is 0.253 e. The average Bonchev–Trinajstić information content (AvgIpc) is 2.64. The Labute approximate surface area is 166 Å². The Morgan fingerprint density at radius 1 is 0.731 bits per heavy atom. The number of rotatable bonds is 16. The number of imide groups is 1. The Balaban J connectivity index is 4.20. The molecule has 150 valence electrons. The minimum atomic E-state index is -0.231. The van der Waals surface area contributed by atoms with E-state index in [1.54, 1.807) is 12.2 Å². The Morgan fingerprint density at radius 3 is 1.54 bits per heavy atom. The van der Waals surface area contributed by atoms with Crippen molar-refractivity contribution in [3.8, 4) is 0 Å². The summed E-state index contributed by atoms with van der Waals surface area (Å²) in [5.41, 5.74) is 0. The van der Waals surface area contributed by atoms with Crippen LogP contribution in [0.25, 0.3) is 0 Å². The molecule has 0 fully saturated rings. The van der Waals surface area contributed by atoms with Gasteiger partial charge in [-0.1, -0.05) is 77.4 Å². The summed E-state index contributed by atoms with van der Waals surface area (Å²) >= 11 is 4.17. The summed E-state index contributed by atoms with van der Waals surface area (Å²) in [5, 5.41) is 0. The lowest BCUT2D eigenvalue weighted by Crippen LogP contribution is -2.36. The lowest BCUT2D eigenvalue weighted by molar-refractivity contribution is -0.138. The third-order valence-corrected chi connectivity index (χ3v) is 4.53. The highest BCUT2D eigenvalue weighted by atomic mass is 32.1. The highest BCUT2D eigenvalue weighted by Gasteiger charge is 2.15. The molecule has 0 radical (unpaired) electrons. The van der Waals surface area contributed by atoms with Gasteiger partial charge >= 0.3 is 0 Å². The van der Waals surface area contributed by atoms with E-state index in [1.807, 2.05) is 12.2 Å². The summed E-state index contributed by atoms with van der Waals surface area (Å²) in [6.07, 6.45) is 20.8. The van der Waals surface area contributed by atoms with Gasteiger partial charge in [0.05, 0.1) is 0 Å². The Bertz CT molecular complexity index is 382. The van der Waals surface area contributed by atoms with E-state index in [0.717, 1.165) is 25.7 Å². The van der Waals surface area contributed by atoms with Gasteiger partial charge in [0.1, 0.15) is 0 Å². The van der Waals surface area contributed by atoms with Crippen molar-refractivity contribution in [3.05, 3.63) is 24.3 Å². The molecule has 0 heterocycles. The summed E-state index contributed by atoms with van der Waals surface area (Å²) in [5.74, 6) is 0.0168. The van der Waals surface area contributed by atoms with Gasteiger partial charge in [0.2, 0.25) is 0 Å². The number of hydrogen-bond donors (Lipinski definition) is 1. The third-order valence-electron chi connectivity index (χ3n) is 4.33. The summed E-state index contributed by atoms with van der Waals surface area (Å²) in [6, 6.07) is 0. The molecule has 0 bridgehead atoms. The molecular weight excluding hydrogens is 342 g/mol. The van der Waals surface area contributed by atoms with Crippen molar-refractivity contribution in [1.29, 1.82) is 0 Å². The van der Waals surface area contributed by atoms with Gasteiger partial charge in [0.25, 0.3) is 11.8 Å². The molecule has 0 saturated heterocycles. The van der Waals surface area contributed by atoms with Crippen LogP contribution < -0.4 is 0 Å². The number of carbonyl (C=O) groups is 2. The van der Waals surface area contributed by atoms with E-state index in [1.165, 1.54) is 56.3 Å². The fraction of sp³-hybridized carbons (Fsp3) is 0.727. The van der Waals surface area contributed by atoms with Gasteiger partial charge < -0.3 is 0 Å². The SMILES string of the molecule is CCCCCCCC=CC(=O)N(CCS)C(=O)C=CCCCCCCC. The second kappa shape index (κ2) is 18.8. The number of unbranched alkanes of at least 4 members (excludes halogenated alkanes) is 10. The molecule has 0 N–H and O–H groups in total. The number of hydrogen-bond acceptors (Lipinski definition) is 3. The predicted octanol–water partition coefficient (Wildman–Crippen LogP) is 6.10. The van der Waals surface area contributed by atoms with Gasteiger partial charge in [-0.3, -0.25) is 14.5 Å². The molecule has 0 saturated carbocycles. The molecule has 0 aliphatic heterocycles. The highest BCUT2D eigenvalue weighted by molar-refractivity contribution is 7.80. The summed E-state index contributed by atoms with van der Waals surface area (Å²) in [7, 11) is 0. The lowest BCUT2D eigenvalue weighted by atomic mass is 10.1. The van der Waals surface area contributed by atoms with Crippen molar-refractivity contribution in [2.75, 3.05) is 12.3 Å². The van der Waals surface area contributed by atoms with E-state index in [9.17, 15) is 9.59 Å². The van der Waals surface area contributed by atoms with E-state index >= 15 is 0 Å². The summed E-state index contributed by atoms with van der Waals surface area (Å²) < 4.78 is 0. The molecular formula is C22H39NO2S. The van der Waals surface area contributed by atoms with Crippen LogP contribution in [0.15, 0.2) is 24.3 Å². The molecule has 0 aliphatic carbocycles. The van der Waals surface area contributed by atoms with Crippen molar-refractivity contribution in [2.45, 2.75) is 90.9 Å². The largest absolute Gasteiger partial charge is 0.275 e. The van der Waals surface area contributed by atoms with Crippen molar-refractivity contribution >= 4 is 24.4 Å². The number of amides is 2. The van der Waals surface area contributed by atoms with Gasteiger partial charge in [-0.2, -0.15) is 12.6 Å². The van der Waals surface area contributed by atoms with Crippen LogP contribution in [0.4, 0.5) is 0 Å². The normalized spacial score (nSPS) is 11.5. The number of carbonyl (C=O) groups excluding carboxylic acids is 2. The maximum atomic E-state index is 12.3. The van der Waals surface area contributed by atoms with Crippen LogP contribution in [0.5, 0.6) is 0 Å². The van der Waals surface area contributed by atoms with Gasteiger partial charge in [-0.05, 0) is 37.8 Å². The topological polar surface area (TPSA) is 37.4 Å². The van der Waals surface area contributed by atoms with Crippen LogP contribution in [0.2, 0.25) is 0 Å². The first kappa shape index (κ1) is 25.0. The Hall–Kier alpha value is -1.03. The summed E-state index contributed by atoms with van der Waals surface area (Å²) in [4.78, 5) is 25.8. The van der Waals surface area contributed by atoms with Crippen molar-refractivity contribution in [1.82, 2.24) is 4.90 Å². The van der Waals surface area contributed by atoms with Crippen molar-refractivity contribution < 1.29 is 9.59 Å². The molecule has 0 rings (SSSR count). The molecule has 0 aliphatic rings. The first-order chi connectivity index (χ1) is 12.7. The van der Waals surface area contributed by atoms with Crippen LogP contribution in [0.3, 0.4) is 0 Å². The second-order valence-electron chi connectivity index (χ2n) is 6.76. The highest BCUT2D eigenvalue weighted by Crippen LogP contribution is 2.07. The van der Waals surface area contributed by atoms with Gasteiger partial charge in [-0.25, -0.2) is 0 Å². The molecule has 2 amide bonds. The standard InChI is InChI=1S/C22H39NO2S/c1-3-5-7-9-11-13-15-17-21(24)23(19-20-26)22(25)18-16-14-12-10-8-6-4-2/h15-18,26H,3-14,19-20H2,1-2H3. The van der Waals surface area contributed by atoms with E-state index in [4.69, 9.17) is 0 Å². The first-order valence-corrected chi connectivity index (χ1v) is 11.1. The molecule has 0 aromatic carbocycles. The van der Waals surface area contributed by atoms with Crippen LogP contribution in [0, 0.1) is 0 Å². The van der Waals surface area contributed by atoms with Gasteiger partial charge in [-0.15, -0.1) is 0 Å². The Morgan fingerprint density at radius 2 is 1.15 bits per heavy atom. The zero-order valence-corrected chi connectivity index (χ0v) is 17.8. The summed E-state index contributed by atoms with van der Waals surface area (Å²) in [6.45, 7) is 4.75. The van der Waals surface area contributed by atoms with Crippen LogP contribution >= 0.6 is 12.6 Å². The predicted molar refractivity (Wildman–Crippen MR) is 116 cm³/mol. The van der Waals surface area contributed by atoms with Gasteiger partial charge in [0, 0.05) is 12.3 Å². The average molecular weight is 382 g/mol. The van der Waals surface area contributed by atoms with E-state index in [2.05, 4.69) is 26.5 Å². The van der Waals surface area contributed by atoms with Crippen molar-refractivity contribution in [2.24, 2.45) is 0 Å². The fourth-order valence-electron chi connectivity index (χ4n) is 2.71. The van der Waals surface area contributed by atoms with E-state index < -0.39 is 0 Å². The van der Waals surface area contributed by atoms with Crippen LogP contribution in [-0.4, -0.2) is 29.0 Å². The maximum absolute atomic E-state index is 12.3. The molecule has 0 aromatic heterocycles. The minimum absolute atomic E-state index is 0.231. The zero-order valence-electron chi connectivity index (χ0n) is 16.9. The number of nitrogens with zero attached hydrogens (tertiary/aromatic N) is 1. The minimum Gasteiger partial charge on any atom is -0.275 e. The quantitative estimate of drug-likeness (QED) is 0.199. The fourth-order valence-corrected chi connectivity index (χ4v) is 2.91. The molecule has 0 unspecified atom stereocenters. The molecule has 0 aromatic rings. The zero-order chi connectivity index (χ0) is 19.5. The van der Waals surface area contributed by atoms with Crippen molar-refractivity contribution in [3.63, 3.8) is 0 Å². The second-order valence-corrected chi connectivity index (χ2v) is 7.21. The molecule has 0 atom stereocenters. The molecule has 4 heteroatoms. The Kier molecular flexibility index (Phi) is 18.0. The van der Waals surface area contributed by atoms with Crippen LogP contribution in [0.1, 0.15) is 90.9 Å². The lowest BCUT2D eigenvalue weighted by Gasteiger charge is -2.16. The monoisotopic (exact) mass is 381 g/mol. The molecule has 3 nitrogen and oxygen atoms in total. The van der Waals surface area contributed by atoms with Gasteiger partial charge in [0.15, 0.2) is 0 Å². The molecule has 0 spiro atoms. The maximum Gasteiger partial charge on any atom is 0.253 e. The van der Waals surface area contributed by atoms with E-state index in [0.29, 0.717) is 12.3 Å². The van der Waals surface area contributed by atoms with E-state index in [-0.39, 0.29) is 11.8 Å². The number of thiol groups is 1. The number of allylic oxidation sites excluding steroid dienone is 2. The third kappa shape index (κ3) is 14.2. The van der Waals surface area contributed by atoms with Crippen LogP contribution in [-0.2, 0) is 9.59 Å². The first-order valence-electron chi connectivity index (χ1n) is 10.5.